The van der Waals surface area contributed by atoms with Crippen LogP contribution >= 0.6 is 0 Å². The zero-order valence-electron chi connectivity index (χ0n) is 31.7. The molecular formula is C56H37NO. The molecule has 2 heteroatoms. The third-order valence-corrected chi connectivity index (χ3v) is 11.5. The van der Waals surface area contributed by atoms with Crippen molar-refractivity contribution < 1.29 is 4.42 Å². The molecule has 0 saturated carbocycles. The summed E-state index contributed by atoms with van der Waals surface area (Å²) in [5, 5.41) is 6.79. The Balaban J connectivity index is 1.10. The van der Waals surface area contributed by atoms with Crippen molar-refractivity contribution in [3.63, 3.8) is 0 Å². The molecule has 58 heavy (non-hydrogen) atoms. The summed E-state index contributed by atoms with van der Waals surface area (Å²) < 4.78 is 6.82. The Morgan fingerprint density at radius 2 is 0.793 bits per heavy atom. The van der Waals surface area contributed by atoms with Crippen LogP contribution in [-0.2, 0) is 0 Å². The van der Waals surface area contributed by atoms with Crippen molar-refractivity contribution >= 4 is 60.5 Å². The molecule has 0 N–H and O–H groups in total. The third kappa shape index (κ3) is 5.82. The lowest BCUT2D eigenvalue weighted by molar-refractivity contribution is 0.673. The summed E-state index contributed by atoms with van der Waals surface area (Å²) in [5.74, 6) is 0. The Labute approximate surface area is 337 Å². The molecule has 0 amide bonds. The zero-order valence-corrected chi connectivity index (χ0v) is 31.7. The van der Waals surface area contributed by atoms with Crippen LogP contribution in [0.25, 0.3) is 88.0 Å². The van der Waals surface area contributed by atoms with Gasteiger partial charge in [-0.3, -0.25) is 0 Å². The maximum absolute atomic E-state index is 6.82. The van der Waals surface area contributed by atoms with Crippen LogP contribution in [0.3, 0.4) is 0 Å². The molecule has 0 bridgehead atoms. The lowest BCUT2D eigenvalue weighted by Crippen LogP contribution is -2.11. The normalized spacial score (nSPS) is 11.4. The lowest BCUT2D eigenvalue weighted by Gasteiger charge is -2.28. The summed E-state index contributed by atoms with van der Waals surface area (Å²) in [5.41, 5.74) is 14.6. The van der Waals surface area contributed by atoms with E-state index in [1.54, 1.807) is 0 Å². The Morgan fingerprint density at radius 1 is 0.310 bits per heavy atom. The van der Waals surface area contributed by atoms with Gasteiger partial charge in [0.15, 0.2) is 0 Å². The van der Waals surface area contributed by atoms with E-state index in [1.165, 1.54) is 44.2 Å². The van der Waals surface area contributed by atoms with Crippen molar-refractivity contribution in [1.29, 1.82) is 0 Å². The van der Waals surface area contributed by atoms with Crippen LogP contribution in [-0.4, -0.2) is 0 Å². The second kappa shape index (κ2) is 14.1. The van der Waals surface area contributed by atoms with Gasteiger partial charge in [-0.1, -0.05) is 194 Å². The minimum absolute atomic E-state index is 0.876. The van der Waals surface area contributed by atoms with Crippen LogP contribution in [0.4, 0.5) is 17.1 Å². The highest BCUT2D eigenvalue weighted by atomic mass is 16.3. The van der Waals surface area contributed by atoms with E-state index in [1.807, 2.05) is 0 Å². The Hall–Kier alpha value is -7.68. The van der Waals surface area contributed by atoms with Crippen LogP contribution in [0.1, 0.15) is 0 Å². The van der Waals surface area contributed by atoms with Gasteiger partial charge in [0.2, 0.25) is 0 Å². The van der Waals surface area contributed by atoms with E-state index in [-0.39, 0.29) is 0 Å². The van der Waals surface area contributed by atoms with E-state index >= 15 is 0 Å². The second-order valence-electron chi connectivity index (χ2n) is 14.9. The molecule has 0 radical (unpaired) electrons. The molecule has 0 saturated heterocycles. The largest absolute Gasteiger partial charge is 0.455 e. The SMILES string of the molecule is c1ccc(-c2ccc(-c3ccc(N(c4cccc5ccccc45)c4cc5c(oc6cccc(-c7ccc(-c8ccccc8)cc7)c65)c5ccccc45)cc3)cc2)cc1. The van der Waals surface area contributed by atoms with Crippen LogP contribution in [0.5, 0.6) is 0 Å². The number of hydrogen-bond donors (Lipinski definition) is 0. The van der Waals surface area contributed by atoms with Gasteiger partial charge in [0.25, 0.3) is 0 Å². The van der Waals surface area contributed by atoms with E-state index in [2.05, 4.69) is 229 Å². The maximum atomic E-state index is 6.82. The first-order valence-electron chi connectivity index (χ1n) is 19.8. The van der Waals surface area contributed by atoms with Crippen molar-refractivity contribution in [2.45, 2.75) is 0 Å². The number of anilines is 3. The van der Waals surface area contributed by atoms with Gasteiger partial charge in [-0.25, -0.2) is 0 Å². The van der Waals surface area contributed by atoms with Crippen molar-refractivity contribution in [3.8, 4) is 44.5 Å². The van der Waals surface area contributed by atoms with E-state index in [9.17, 15) is 0 Å². The molecule has 10 aromatic carbocycles. The van der Waals surface area contributed by atoms with Gasteiger partial charge in [0, 0.05) is 32.6 Å². The van der Waals surface area contributed by atoms with Gasteiger partial charge in [-0.15, -0.1) is 0 Å². The highest BCUT2D eigenvalue weighted by Crippen LogP contribution is 2.48. The van der Waals surface area contributed by atoms with Gasteiger partial charge in [0.1, 0.15) is 11.2 Å². The monoisotopic (exact) mass is 739 g/mol. The van der Waals surface area contributed by atoms with Crippen molar-refractivity contribution in [1.82, 2.24) is 0 Å². The number of benzene rings is 10. The Bertz CT molecular complexity index is 3230. The topological polar surface area (TPSA) is 16.4 Å². The van der Waals surface area contributed by atoms with Crippen molar-refractivity contribution in [2.24, 2.45) is 0 Å². The molecule has 1 heterocycles. The molecule has 0 aliphatic carbocycles. The van der Waals surface area contributed by atoms with Gasteiger partial charge < -0.3 is 9.32 Å². The predicted octanol–water partition coefficient (Wildman–Crippen LogP) is 16.0. The molecule has 11 aromatic rings. The molecule has 0 fully saturated rings. The summed E-state index contributed by atoms with van der Waals surface area (Å²) in [6, 6.07) is 80.6. The van der Waals surface area contributed by atoms with Crippen molar-refractivity contribution in [3.05, 3.63) is 224 Å². The first-order chi connectivity index (χ1) is 28.8. The molecule has 2 nitrogen and oxygen atoms in total. The average Bonchev–Trinajstić information content (AvgIpc) is 3.69. The zero-order chi connectivity index (χ0) is 38.4. The Kier molecular flexibility index (Phi) is 8.19. The van der Waals surface area contributed by atoms with Crippen LogP contribution < -0.4 is 4.90 Å². The smallest absolute Gasteiger partial charge is 0.143 e. The van der Waals surface area contributed by atoms with E-state index < -0.39 is 0 Å². The predicted molar refractivity (Wildman–Crippen MR) is 245 cm³/mol. The second-order valence-corrected chi connectivity index (χ2v) is 14.9. The fourth-order valence-corrected chi connectivity index (χ4v) is 8.63. The fourth-order valence-electron chi connectivity index (χ4n) is 8.63. The molecule has 11 rings (SSSR count). The highest BCUT2D eigenvalue weighted by Gasteiger charge is 2.23. The molecule has 0 unspecified atom stereocenters. The molecule has 1 aromatic heterocycles. The summed E-state index contributed by atoms with van der Waals surface area (Å²) >= 11 is 0. The van der Waals surface area contributed by atoms with Crippen LogP contribution in [0, 0.1) is 0 Å². The first kappa shape index (κ1) is 33.6. The highest BCUT2D eigenvalue weighted by molar-refractivity contribution is 6.23. The number of hydrogen-bond acceptors (Lipinski definition) is 2. The standard InChI is InChI=1S/C56H37NO/c1-3-13-38(14-4-1)40-25-27-42(28-26-40)43-33-35-46(36-34-43)57(52-23-11-18-44-17-7-8-19-47(44)52)53-37-51-55-48(45-31-29-41(30-32-45)39-15-5-2-6-16-39)22-12-24-54(55)58-56(51)50-21-10-9-20-49(50)53/h1-37H. The third-order valence-electron chi connectivity index (χ3n) is 11.5. The number of furan rings is 1. The van der Waals surface area contributed by atoms with Gasteiger partial charge >= 0.3 is 0 Å². The van der Waals surface area contributed by atoms with Crippen molar-refractivity contribution in [2.75, 3.05) is 4.90 Å². The van der Waals surface area contributed by atoms with Crippen LogP contribution in [0.15, 0.2) is 229 Å². The minimum Gasteiger partial charge on any atom is -0.455 e. The lowest BCUT2D eigenvalue weighted by atomic mass is 9.95. The first-order valence-corrected chi connectivity index (χ1v) is 19.8. The van der Waals surface area contributed by atoms with E-state index in [0.717, 1.165) is 60.9 Å². The van der Waals surface area contributed by atoms with Gasteiger partial charge in [-0.2, -0.15) is 0 Å². The molecule has 0 aliphatic heterocycles. The van der Waals surface area contributed by atoms with E-state index in [4.69, 9.17) is 4.42 Å². The quantitative estimate of drug-likeness (QED) is 0.162. The van der Waals surface area contributed by atoms with Crippen LogP contribution in [0.2, 0.25) is 0 Å². The number of fused-ring (bicyclic) bond motifs is 6. The molecular weight excluding hydrogens is 703 g/mol. The average molecular weight is 740 g/mol. The summed E-state index contributed by atoms with van der Waals surface area (Å²) in [6.07, 6.45) is 0. The van der Waals surface area contributed by atoms with Gasteiger partial charge in [0.05, 0.1) is 11.4 Å². The fraction of sp³-hybridized carbons (Fsp3) is 0. The van der Waals surface area contributed by atoms with Gasteiger partial charge in [-0.05, 0) is 80.2 Å². The van der Waals surface area contributed by atoms with E-state index in [0.29, 0.717) is 0 Å². The molecule has 0 aliphatic rings. The summed E-state index contributed by atoms with van der Waals surface area (Å²) in [6.45, 7) is 0. The maximum Gasteiger partial charge on any atom is 0.143 e. The molecule has 272 valence electrons. The number of nitrogens with zero attached hydrogens (tertiary/aromatic N) is 1. The molecule has 0 spiro atoms. The summed E-state index contributed by atoms with van der Waals surface area (Å²) in [7, 11) is 0. The number of rotatable bonds is 7. The molecule has 0 atom stereocenters. The minimum atomic E-state index is 0.876. The summed E-state index contributed by atoms with van der Waals surface area (Å²) in [4.78, 5) is 2.43. The Morgan fingerprint density at radius 3 is 1.43 bits per heavy atom.